The van der Waals surface area contributed by atoms with Gasteiger partial charge in [-0.15, -0.1) is 11.3 Å². The molecular formula is C15H20N4S. The molecule has 0 amide bonds. The van der Waals surface area contributed by atoms with Crippen molar-refractivity contribution >= 4 is 27.7 Å². The molecule has 1 saturated heterocycles. The van der Waals surface area contributed by atoms with Gasteiger partial charge >= 0.3 is 0 Å². The van der Waals surface area contributed by atoms with Crippen LogP contribution in [0.25, 0.3) is 0 Å². The maximum atomic E-state index is 6.09. The molecule has 1 aliphatic rings. The fourth-order valence-electron chi connectivity index (χ4n) is 2.62. The Bertz CT molecular complexity index is 581. The van der Waals surface area contributed by atoms with Crippen LogP contribution in [0.1, 0.15) is 17.7 Å². The third kappa shape index (κ3) is 2.94. The molecule has 0 aliphatic carbocycles. The van der Waals surface area contributed by atoms with E-state index < -0.39 is 0 Å². The smallest absolute Gasteiger partial charge is 0.0930 e. The monoisotopic (exact) mass is 288 g/mol. The van der Waals surface area contributed by atoms with E-state index in [9.17, 15) is 0 Å². The molecule has 0 aromatic carbocycles. The van der Waals surface area contributed by atoms with E-state index in [-0.39, 0.29) is 6.04 Å². The summed E-state index contributed by atoms with van der Waals surface area (Å²) >= 11 is 1.76. The Morgan fingerprint density at radius 2 is 2.30 bits per heavy atom. The highest BCUT2D eigenvalue weighted by atomic mass is 32.1. The zero-order valence-corrected chi connectivity index (χ0v) is 12.5. The SMILES string of the molecule is Cc1ccc(Nc2cnccc2N2CCC[C@@H](N)C2)s1. The number of nitrogens with two attached hydrogens (primary N) is 1. The van der Waals surface area contributed by atoms with Gasteiger partial charge in [0.25, 0.3) is 0 Å². The second kappa shape index (κ2) is 5.81. The largest absolute Gasteiger partial charge is 0.368 e. The molecule has 0 radical (unpaired) electrons. The maximum Gasteiger partial charge on any atom is 0.0930 e. The highest BCUT2D eigenvalue weighted by molar-refractivity contribution is 7.16. The van der Waals surface area contributed by atoms with Crippen LogP contribution in [0, 0.1) is 6.92 Å². The molecule has 3 N–H and O–H groups in total. The lowest BCUT2D eigenvalue weighted by Crippen LogP contribution is -2.43. The molecule has 2 aromatic heterocycles. The molecule has 0 bridgehead atoms. The van der Waals surface area contributed by atoms with Crippen molar-refractivity contribution in [2.24, 2.45) is 5.73 Å². The molecule has 0 unspecified atom stereocenters. The number of aryl methyl sites for hydroxylation is 1. The first-order valence-electron chi connectivity index (χ1n) is 7.00. The van der Waals surface area contributed by atoms with Crippen molar-refractivity contribution in [1.82, 2.24) is 4.98 Å². The molecule has 0 saturated carbocycles. The second-order valence-electron chi connectivity index (χ2n) is 5.28. The second-order valence-corrected chi connectivity index (χ2v) is 6.56. The van der Waals surface area contributed by atoms with Gasteiger partial charge < -0.3 is 16.0 Å². The van der Waals surface area contributed by atoms with Crippen molar-refractivity contribution in [3.05, 3.63) is 35.5 Å². The molecule has 1 aliphatic heterocycles. The molecule has 0 spiro atoms. The molecule has 106 valence electrons. The molecule has 1 atom stereocenters. The van der Waals surface area contributed by atoms with Crippen molar-refractivity contribution in [3.63, 3.8) is 0 Å². The van der Waals surface area contributed by atoms with Gasteiger partial charge in [0.05, 0.1) is 22.6 Å². The van der Waals surface area contributed by atoms with Crippen LogP contribution >= 0.6 is 11.3 Å². The number of pyridine rings is 1. The van der Waals surface area contributed by atoms with Gasteiger partial charge in [-0.3, -0.25) is 4.98 Å². The van der Waals surface area contributed by atoms with Gasteiger partial charge in [-0.05, 0) is 38.0 Å². The number of nitrogens with zero attached hydrogens (tertiary/aromatic N) is 2. The van der Waals surface area contributed by atoms with Crippen molar-refractivity contribution < 1.29 is 0 Å². The van der Waals surface area contributed by atoms with E-state index in [1.165, 1.54) is 10.6 Å². The van der Waals surface area contributed by atoms with E-state index in [0.29, 0.717) is 0 Å². The summed E-state index contributed by atoms with van der Waals surface area (Å²) in [7, 11) is 0. The zero-order valence-electron chi connectivity index (χ0n) is 11.7. The Morgan fingerprint density at radius 3 is 3.05 bits per heavy atom. The van der Waals surface area contributed by atoms with E-state index >= 15 is 0 Å². The van der Waals surface area contributed by atoms with Crippen LogP contribution in [0.3, 0.4) is 0 Å². The van der Waals surface area contributed by atoms with Gasteiger partial charge in [-0.25, -0.2) is 0 Å². The summed E-state index contributed by atoms with van der Waals surface area (Å²) < 4.78 is 0. The van der Waals surface area contributed by atoms with E-state index in [4.69, 9.17) is 5.73 Å². The third-order valence-corrected chi connectivity index (χ3v) is 4.51. The highest BCUT2D eigenvalue weighted by Gasteiger charge is 2.19. The van der Waals surface area contributed by atoms with Crippen LogP contribution in [0.15, 0.2) is 30.6 Å². The van der Waals surface area contributed by atoms with Crippen LogP contribution in [0.5, 0.6) is 0 Å². The number of hydrogen-bond acceptors (Lipinski definition) is 5. The topological polar surface area (TPSA) is 54.2 Å². The molecule has 2 aromatic rings. The van der Waals surface area contributed by atoms with E-state index in [2.05, 4.69) is 40.3 Å². The minimum Gasteiger partial charge on any atom is -0.368 e. The number of piperidine rings is 1. The van der Waals surface area contributed by atoms with E-state index in [1.807, 2.05) is 12.4 Å². The van der Waals surface area contributed by atoms with Crippen molar-refractivity contribution in [2.75, 3.05) is 23.3 Å². The molecular weight excluding hydrogens is 268 g/mol. The first-order valence-corrected chi connectivity index (χ1v) is 7.82. The number of anilines is 3. The minimum absolute atomic E-state index is 0.272. The standard InChI is InChI=1S/C15H20N4S/c1-11-4-5-15(20-11)18-13-9-17-7-6-14(13)19-8-2-3-12(16)10-19/h4-7,9,12,18H,2-3,8,10,16H2,1H3/t12-/m1/s1. The third-order valence-electron chi connectivity index (χ3n) is 3.59. The lowest BCUT2D eigenvalue weighted by atomic mass is 10.1. The summed E-state index contributed by atoms with van der Waals surface area (Å²) in [4.78, 5) is 7.91. The summed E-state index contributed by atoms with van der Waals surface area (Å²) in [5, 5.41) is 4.63. The molecule has 3 heterocycles. The van der Waals surface area contributed by atoms with Gasteiger partial charge in [-0.1, -0.05) is 0 Å². The van der Waals surface area contributed by atoms with Gasteiger partial charge in [0.2, 0.25) is 0 Å². The molecule has 1 fully saturated rings. The first kappa shape index (κ1) is 13.4. The molecule has 3 rings (SSSR count). The first-order chi connectivity index (χ1) is 9.72. The number of rotatable bonds is 3. The fourth-order valence-corrected chi connectivity index (χ4v) is 3.40. The summed E-state index contributed by atoms with van der Waals surface area (Å²) in [6, 6.07) is 6.58. The summed E-state index contributed by atoms with van der Waals surface area (Å²) in [6.45, 7) is 4.10. The van der Waals surface area contributed by atoms with Crippen molar-refractivity contribution in [2.45, 2.75) is 25.8 Å². The van der Waals surface area contributed by atoms with Gasteiger partial charge in [0, 0.05) is 30.2 Å². The highest BCUT2D eigenvalue weighted by Crippen LogP contribution is 2.32. The number of hydrogen-bond donors (Lipinski definition) is 2. The van der Waals surface area contributed by atoms with Crippen LogP contribution in [-0.2, 0) is 0 Å². The summed E-state index contributed by atoms with van der Waals surface area (Å²) in [5.74, 6) is 0. The van der Waals surface area contributed by atoms with E-state index in [0.717, 1.165) is 36.6 Å². The van der Waals surface area contributed by atoms with Crippen molar-refractivity contribution in [1.29, 1.82) is 0 Å². The number of nitrogens with one attached hydrogen (secondary N) is 1. The van der Waals surface area contributed by atoms with Gasteiger partial charge in [0.15, 0.2) is 0 Å². The van der Waals surface area contributed by atoms with Crippen LogP contribution in [-0.4, -0.2) is 24.1 Å². The van der Waals surface area contributed by atoms with Gasteiger partial charge in [0.1, 0.15) is 0 Å². The fraction of sp³-hybridized carbons (Fsp3) is 0.400. The lowest BCUT2D eigenvalue weighted by molar-refractivity contribution is 0.506. The Hall–Kier alpha value is -1.59. The number of thiophene rings is 1. The summed E-state index contributed by atoms with van der Waals surface area (Å²) in [5.41, 5.74) is 8.35. The Balaban J connectivity index is 1.84. The molecule has 4 nitrogen and oxygen atoms in total. The quantitative estimate of drug-likeness (QED) is 0.911. The summed E-state index contributed by atoms with van der Waals surface area (Å²) in [6.07, 6.45) is 6.01. The maximum absolute atomic E-state index is 6.09. The Morgan fingerprint density at radius 1 is 1.40 bits per heavy atom. The van der Waals surface area contributed by atoms with E-state index in [1.54, 1.807) is 11.3 Å². The van der Waals surface area contributed by atoms with Gasteiger partial charge in [-0.2, -0.15) is 0 Å². The zero-order chi connectivity index (χ0) is 13.9. The average molecular weight is 288 g/mol. The normalized spacial score (nSPS) is 19.1. The Kier molecular flexibility index (Phi) is 3.89. The lowest BCUT2D eigenvalue weighted by Gasteiger charge is -2.33. The molecule has 20 heavy (non-hydrogen) atoms. The predicted molar refractivity (Wildman–Crippen MR) is 86.0 cm³/mol. The van der Waals surface area contributed by atoms with Crippen molar-refractivity contribution in [3.8, 4) is 0 Å². The van der Waals surface area contributed by atoms with Crippen LogP contribution < -0.4 is 16.0 Å². The van der Waals surface area contributed by atoms with Crippen LogP contribution in [0.2, 0.25) is 0 Å². The minimum atomic E-state index is 0.272. The predicted octanol–water partition coefficient (Wildman–Crippen LogP) is 3.12. The Labute approximate surface area is 123 Å². The molecule has 5 heteroatoms. The average Bonchev–Trinajstić information content (AvgIpc) is 2.85. The number of aromatic nitrogens is 1. The van der Waals surface area contributed by atoms with Crippen LogP contribution in [0.4, 0.5) is 16.4 Å².